The van der Waals surface area contributed by atoms with Crippen LogP contribution in [0.25, 0.3) is 16.8 Å². The first-order valence-electron chi connectivity index (χ1n) is 8.17. The van der Waals surface area contributed by atoms with Gasteiger partial charge >= 0.3 is 5.97 Å². The average Bonchev–Trinajstić information content (AvgIpc) is 3.18. The number of fused-ring (bicyclic) bond motifs is 3. The monoisotopic (exact) mass is 369 g/mol. The normalized spacial score (nSPS) is 11.2. The van der Waals surface area contributed by atoms with E-state index in [-0.39, 0.29) is 5.97 Å². The van der Waals surface area contributed by atoms with Gasteiger partial charge in [0.1, 0.15) is 0 Å². The quantitative estimate of drug-likeness (QED) is 0.524. The van der Waals surface area contributed by atoms with Crippen molar-refractivity contribution >= 4 is 40.3 Å². The van der Waals surface area contributed by atoms with Crippen LogP contribution in [0.1, 0.15) is 22.8 Å². The lowest BCUT2D eigenvalue weighted by molar-refractivity contribution is 0.0526. The molecule has 0 saturated carbocycles. The van der Waals surface area contributed by atoms with E-state index in [1.54, 1.807) is 23.6 Å². The van der Waals surface area contributed by atoms with Crippen molar-refractivity contribution in [1.82, 2.24) is 19.6 Å². The Hall–Kier alpha value is -3.06. The van der Waals surface area contributed by atoms with Gasteiger partial charge in [-0.2, -0.15) is 4.98 Å². The smallest absolute Gasteiger partial charge is 0.338 e. The van der Waals surface area contributed by atoms with E-state index in [9.17, 15) is 4.79 Å². The highest BCUT2D eigenvalue weighted by Crippen LogP contribution is 2.19. The number of aromatic amines is 1. The van der Waals surface area contributed by atoms with Crippen LogP contribution in [0.2, 0.25) is 5.02 Å². The molecule has 0 aliphatic heterocycles. The van der Waals surface area contributed by atoms with Crippen molar-refractivity contribution in [3.05, 3.63) is 58.6 Å². The van der Waals surface area contributed by atoms with E-state index in [0.717, 1.165) is 11.1 Å². The lowest BCUT2D eigenvalue weighted by atomic mass is 10.2. The summed E-state index contributed by atoms with van der Waals surface area (Å²) >= 11 is 5.89. The van der Waals surface area contributed by atoms with Gasteiger partial charge in [-0.05, 0) is 42.8 Å². The molecule has 0 amide bonds. The summed E-state index contributed by atoms with van der Waals surface area (Å²) in [5.74, 6) is 0.780. The molecule has 0 spiro atoms. The van der Waals surface area contributed by atoms with Gasteiger partial charge in [0.05, 0.1) is 23.2 Å². The van der Waals surface area contributed by atoms with E-state index >= 15 is 0 Å². The first-order valence-corrected chi connectivity index (χ1v) is 8.55. The van der Waals surface area contributed by atoms with Gasteiger partial charge in [0.15, 0.2) is 0 Å². The van der Waals surface area contributed by atoms with E-state index in [1.165, 1.54) is 0 Å². The van der Waals surface area contributed by atoms with Crippen molar-refractivity contribution in [2.45, 2.75) is 13.5 Å². The molecular weight excluding hydrogens is 354 g/mol. The Bertz CT molecular complexity index is 1080. The Balaban J connectivity index is 1.57. The van der Waals surface area contributed by atoms with Gasteiger partial charge in [-0.1, -0.05) is 23.7 Å². The van der Waals surface area contributed by atoms with Crippen LogP contribution in [0.15, 0.2) is 42.5 Å². The zero-order valence-corrected chi connectivity index (χ0v) is 14.7. The Morgan fingerprint density at radius 1 is 1.23 bits per heavy atom. The third-order valence-electron chi connectivity index (χ3n) is 3.95. The van der Waals surface area contributed by atoms with Crippen molar-refractivity contribution in [3.63, 3.8) is 0 Å². The third kappa shape index (κ3) is 3.09. The molecule has 4 rings (SSSR count). The van der Waals surface area contributed by atoms with Gasteiger partial charge in [-0.3, -0.25) is 5.10 Å². The minimum absolute atomic E-state index is 0.338. The molecule has 132 valence electrons. The third-order valence-corrected chi connectivity index (χ3v) is 4.20. The molecule has 8 heteroatoms. The first kappa shape index (κ1) is 16.4. The van der Waals surface area contributed by atoms with E-state index in [1.807, 2.05) is 30.3 Å². The number of esters is 1. The van der Waals surface area contributed by atoms with Crippen LogP contribution in [0.3, 0.4) is 0 Å². The van der Waals surface area contributed by atoms with Gasteiger partial charge in [0, 0.05) is 11.6 Å². The summed E-state index contributed by atoms with van der Waals surface area (Å²) in [6.45, 7) is 2.72. The molecule has 2 aromatic heterocycles. The van der Waals surface area contributed by atoms with Crippen molar-refractivity contribution < 1.29 is 9.53 Å². The van der Waals surface area contributed by atoms with Gasteiger partial charge in [0.25, 0.3) is 5.78 Å². The predicted molar refractivity (Wildman–Crippen MR) is 99.6 cm³/mol. The molecule has 2 heterocycles. The zero-order chi connectivity index (χ0) is 18.1. The highest BCUT2D eigenvalue weighted by molar-refractivity contribution is 6.30. The van der Waals surface area contributed by atoms with E-state index in [2.05, 4.69) is 20.4 Å². The summed E-state index contributed by atoms with van der Waals surface area (Å²) in [6, 6.07) is 12.9. The topological polar surface area (TPSA) is 84.3 Å². The second-order valence-electron chi connectivity index (χ2n) is 5.72. The molecule has 2 aromatic carbocycles. The van der Waals surface area contributed by atoms with Crippen molar-refractivity contribution in [3.8, 4) is 0 Å². The largest absolute Gasteiger partial charge is 0.462 e. The molecular formula is C18H16ClN5O2. The maximum Gasteiger partial charge on any atom is 0.338 e. The summed E-state index contributed by atoms with van der Waals surface area (Å²) < 4.78 is 6.79. The fraction of sp³-hybridized carbons (Fsp3) is 0.167. The van der Waals surface area contributed by atoms with Gasteiger partial charge in [-0.25, -0.2) is 14.3 Å². The highest BCUT2D eigenvalue weighted by atomic mass is 35.5. The van der Waals surface area contributed by atoms with Crippen LogP contribution in [0, 0.1) is 0 Å². The molecule has 0 unspecified atom stereocenters. The fourth-order valence-corrected chi connectivity index (χ4v) is 2.82. The molecule has 0 aliphatic carbocycles. The number of ether oxygens (including phenoxy) is 1. The number of halogens is 1. The van der Waals surface area contributed by atoms with E-state index in [0.29, 0.717) is 41.0 Å². The standard InChI is InChI=1S/C18H16ClN5O2/c1-2-26-16(25)12-5-8-15-14(9-12)21-18-22-17(23-24(15)18)20-10-11-3-6-13(19)7-4-11/h3-9H,2,10H2,1H3,(H2,20,21,22,23). The Kier molecular flexibility index (Phi) is 4.22. The summed E-state index contributed by atoms with van der Waals surface area (Å²) in [5.41, 5.74) is 3.08. The molecule has 0 fully saturated rings. The SMILES string of the molecule is CCOC(=O)c1ccc2c(c1)nc1nc(NCc3ccc(Cl)cc3)[nH]n12. The van der Waals surface area contributed by atoms with Gasteiger partial charge in [-0.15, -0.1) is 0 Å². The Morgan fingerprint density at radius 2 is 2.04 bits per heavy atom. The number of carbonyl (C=O) groups excluding carboxylic acids is 1. The highest BCUT2D eigenvalue weighted by Gasteiger charge is 2.13. The molecule has 2 N–H and O–H groups in total. The average molecular weight is 370 g/mol. The second-order valence-corrected chi connectivity index (χ2v) is 6.16. The van der Waals surface area contributed by atoms with Crippen LogP contribution < -0.4 is 5.32 Å². The number of nitrogens with one attached hydrogen (secondary N) is 2. The van der Waals surface area contributed by atoms with E-state index in [4.69, 9.17) is 16.3 Å². The Morgan fingerprint density at radius 3 is 2.81 bits per heavy atom. The molecule has 0 saturated heterocycles. The van der Waals surface area contributed by atoms with Gasteiger partial charge < -0.3 is 10.1 Å². The summed E-state index contributed by atoms with van der Waals surface area (Å²) in [4.78, 5) is 20.7. The Labute approximate surface area is 153 Å². The first-order chi connectivity index (χ1) is 12.6. The van der Waals surface area contributed by atoms with Crippen LogP contribution in [-0.2, 0) is 11.3 Å². The van der Waals surface area contributed by atoms with E-state index < -0.39 is 0 Å². The number of carbonyl (C=O) groups is 1. The predicted octanol–water partition coefficient (Wildman–Crippen LogP) is 3.65. The number of nitrogens with zero attached hydrogens (tertiary/aromatic N) is 3. The molecule has 0 aliphatic rings. The minimum Gasteiger partial charge on any atom is -0.462 e. The number of benzene rings is 2. The number of anilines is 1. The second kappa shape index (κ2) is 6.68. The van der Waals surface area contributed by atoms with Crippen LogP contribution in [-0.4, -0.2) is 32.2 Å². The number of rotatable bonds is 5. The van der Waals surface area contributed by atoms with Crippen LogP contribution in [0.5, 0.6) is 0 Å². The van der Waals surface area contributed by atoms with Crippen molar-refractivity contribution in [2.24, 2.45) is 0 Å². The van der Waals surface area contributed by atoms with Crippen LogP contribution in [0.4, 0.5) is 5.95 Å². The summed E-state index contributed by atoms with van der Waals surface area (Å²) in [6.07, 6.45) is 0. The molecule has 4 aromatic rings. The molecule has 7 nitrogen and oxygen atoms in total. The molecule has 0 radical (unpaired) electrons. The zero-order valence-electron chi connectivity index (χ0n) is 14.0. The lowest BCUT2D eigenvalue weighted by Gasteiger charge is -2.03. The lowest BCUT2D eigenvalue weighted by Crippen LogP contribution is -2.04. The summed E-state index contributed by atoms with van der Waals surface area (Å²) in [7, 11) is 0. The molecule has 0 bridgehead atoms. The number of aromatic nitrogens is 4. The fourth-order valence-electron chi connectivity index (χ4n) is 2.69. The molecule has 0 atom stereocenters. The summed E-state index contributed by atoms with van der Waals surface area (Å²) in [5, 5.41) is 7.09. The van der Waals surface area contributed by atoms with Crippen molar-refractivity contribution in [2.75, 3.05) is 11.9 Å². The van der Waals surface area contributed by atoms with Crippen molar-refractivity contribution in [1.29, 1.82) is 0 Å². The van der Waals surface area contributed by atoms with Gasteiger partial charge in [0.2, 0.25) is 5.95 Å². The minimum atomic E-state index is -0.357. The number of H-pyrrole nitrogens is 1. The number of hydrogen-bond donors (Lipinski definition) is 2. The number of hydrogen-bond acceptors (Lipinski definition) is 5. The van der Waals surface area contributed by atoms with Crippen LogP contribution >= 0.6 is 11.6 Å². The molecule has 26 heavy (non-hydrogen) atoms. The maximum absolute atomic E-state index is 11.8. The number of imidazole rings is 1. The maximum atomic E-state index is 11.8.